The first-order valence-corrected chi connectivity index (χ1v) is 16.6. The van der Waals surface area contributed by atoms with Gasteiger partial charge >= 0.3 is 0 Å². The molecule has 9 atom stereocenters. The van der Waals surface area contributed by atoms with E-state index in [0.29, 0.717) is 36.7 Å². The van der Waals surface area contributed by atoms with E-state index in [4.69, 9.17) is 14.2 Å². The van der Waals surface area contributed by atoms with E-state index in [0.717, 1.165) is 43.7 Å². The maximum Gasteiger partial charge on any atom is 0.0742 e. The predicted molar refractivity (Wildman–Crippen MR) is 160 cm³/mol. The molecule has 39 heavy (non-hydrogen) atoms. The molecule has 0 amide bonds. The van der Waals surface area contributed by atoms with Gasteiger partial charge in [0.25, 0.3) is 0 Å². The van der Waals surface area contributed by atoms with Crippen LogP contribution in [0.25, 0.3) is 0 Å². The Morgan fingerprint density at radius 3 is 2.67 bits per heavy atom. The summed E-state index contributed by atoms with van der Waals surface area (Å²) in [4.78, 5) is 2.69. The number of ether oxygens (including phenoxy) is 3. The van der Waals surface area contributed by atoms with Crippen molar-refractivity contribution in [2.24, 2.45) is 29.1 Å². The summed E-state index contributed by atoms with van der Waals surface area (Å²) in [5.41, 5.74) is 0.440. The van der Waals surface area contributed by atoms with Crippen LogP contribution in [0.2, 0.25) is 0 Å². The van der Waals surface area contributed by atoms with Crippen LogP contribution in [-0.2, 0) is 14.2 Å². The number of fused-ring (bicyclic) bond motifs is 1. The summed E-state index contributed by atoms with van der Waals surface area (Å²) >= 11 is 0. The molecule has 9 unspecified atom stereocenters. The number of piperidine rings is 1. The minimum Gasteiger partial charge on any atom is -0.389 e. The average Bonchev–Trinajstić information content (AvgIpc) is 3.22. The summed E-state index contributed by atoms with van der Waals surface area (Å²) in [6.07, 6.45) is 19.5. The predicted octanol–water partition coefficient (Wildman–Crippen LogP) is 7.02. The molecule has 0 aromatic carbocycles. The number of nitrogens with zero attached hydrogens (tertiary/aromatic N) is 1. The first-order valence-electron chi connectivity index (χ1n) is 16.6. The van der Waals surface area contributed by atoms with Gasteiger partial charge in [0, 0.05) is 25.6 Å². The summed E-state index contributed by atoms with van der Waals surface area (Å²) in [5.74, 6) is 2.97. The van der Waals surface area contributed by atoms with Crippen molar-refractivity contribution in [3.63, 3.8) is 0 Å². The van der Waals surface area contributed by atoms with Gasteiger partial charge in [-0.25, -0.2) is 0 Å². The van der Waals surface area contributed by atoms with Crippen LogP contribution < -0.4 is 0 Å². The van der Waals surface area contributed by atoms with E-state index in [2.05, 4.69) is 32.3 Å². The van der Waals surface area contributed by atoms with Crippen molar-refractivity contribution in [2.75, 3.05) is 40.0 Å². The molecule has 4 aliphatic rings. The lowest BCUT2D eigenvalue weighted by Gasteiger charge is -2.45. The summed E-state index contributed by atoms with van der Waals surface area (Å²) in [7, 11) is 1.73. The first-order chi connectivity index (χ1) is 18.8. The highest BCUT2D eigenvalue weighted by atomic mass is 16.5. The molecule has 0 aromatic rings. The molecule has 0 radical (unpaired) electrons. The highest BCUT2D eigenvalue weighted by Crippen LogP contribution is 2.52. The van der Waals surface area contributed by atoms with Gasteiger partial charge in [0.2, 0.25) is 0 Å². The molecular weight excluding hydrogens is 486 g/mol. The Morgan fingerprint density at radius 2 is 1.87 bits per heavy atom. The van der Waals surface area contributed by atoms with Crippen molar-refractivity contribution in [3.05, 3.63) is 12.7 Å². The van der Waals surface area contributed by atoms with E-state index in [9.17, 15) is 5.11 Å². The van der Waals surface area contributed by atoms with E-state index in [-0.39, 0.29) is 11.7 Å². The third-order valence-corrected chi connectivity index (χ3v) is 11.8. The van der Waals surface area contributed by atoms with Crippen molar-refractivity contribution in [1.29, 1.82) is 0 Å². The Bertz CT molecular complexity index is 747. The number of aliphatic hydroxyl groups excluding tert-OH is 1. The number of likely N-dealkylation sites (tertiary alicyclic amines) is 1. The van der Waals surface area contributed by atoms with Gasteiger partial charge in [-0.15, -0.1) is 6.58 Å². The molecule has 0 bridgehead atoms. The average molecular weight is 548 g/mol. The van der Waals surface area contributed by atoms with Gasteiger partial charge in [-0.05, 0) is 93.9 Å². The van der Waals surface area contributed by atoms with Crippen molar-refractivity contribution < 1.29 is 19.3 Å². The Hall–Kier alpha value is -0.460. The van der Waals surface area contributed by atoms with Crippen LogP contribution in [0.3, 0.4) is 0 Å². The lowest BCUT2D eigenvalue weighted by atomic mass is 9.60. The van der Waals surface area contributed by atoms with E-state index < -0.39 is 0 Å². The molecule has 1 spiro atoms. The third-order valence-electron chi connectivity index (χ3n) is 11.8. The Kier molecular flexibility index (Phi) is 11.8. The van der Waals surface area contributed by atoms with Gasteiger partial charge in [0.05, 0.1) is 37.6 Å². The second kappa shape index (κ2) is 14.6. The maximum atomic E-state index is 10.2. The summed E-state index contributed by atoms with van der Waals surface area (Å²) in [5, 5.41) is 10.2. The summed E-state index contributed by atoms with van der Waals surface area (Å²) in [6, 6.07) is 0.546. The molecule has 1 N–H and O–H groups in total. The van der Waals surface area contributed by atoms with E-state index in [1.54, 1.807) is 13.2 Å². The van der Waals surface area contributed by atoms with Gasteiger partial charge in [-0.2, -0.15) is 0 Å². The van der Waals surface area contributed by atoms with Crippen LogP contribution in [0, 0.1) is 29.1 Å². The molecule has 2 aliphatic heterocycles. The molecule has 2 saturated heterocycles. The SMILES string of the molecule is C=CC(O)CCC1(C)CCCCC1CC1CCCC2(CCC1C)OC1CCCN(CCOCCOC)C1C2C. The van der Waals surface area contributed by atoms with Crippen LogP contribution in [0.1, 0.15) is 111 Å². The molecule has 4 fully saturated rings. The molecule has 5 nitrogen and oxygen atoms in total. The van der Waals surface area contributed by atoms with Crippen LogP contribution in [0.5, 0.6) is 0 Å². The molecule has 5 heteroatoms. The van der Waals surface area contributed by atoms with Crippen LogP contribution in [-0.4, -0.2) is 73.9 Å². The van der Waals surface area contributed by atoms with Crippen LogP contribution >= 0.6 is 0 Å². The molecular formula is C34H61NO4. The zero-order chi connectivity index (χ0) is 27.9. The maximum absolute atomic E-state index is 10.2. The van der Waals surface area contributed by atoms with E-state index >= 15 is 0 Å². The fourth-order valence-corrected chi connectivity index (χ4v) is 9.09. The summed E-state index contributed by atoms with van der Waals surface area (Å²) < 4.78 is 18.1. The van der Waals surface area contributed by atoms with Crippen molar-refractivity contribution >= 4 is 0 Å². The monoisotopic (exact) mass is 547 g/mol. The standard InChI is InChI=1S/C34H61NO4/c1-6-30(36)15-18-33(4)16-8-7-12-29(33)25-28-11-9-17-34(19-14-26(28)2)27(3)32-31(39-34)13-10-20-35(32)21-22-38-24-23-37-5/h6,26-32,36H,1,7-25H2,2-5H3. The fourth-order valence-electron chi connectivity index (χ4n) is 9.09. The van der Waals surface area contributed by atoms with Gasteiger partial charge in [0.15, 0.2) is 0 Å². The smallest absolute Gasteiger partial charge is 0.0742 e. The van der Waals surface area contributed by atoms with Gasteiger partial charge in [-0.1, -0.05) is 52.5 Å². The molecule has 2 aliphatic carbocycles. The van der Waals surface area contributed by atoms with Crippen molar-refractivity contribution in [2.45, 2.75) is 135 Å². The normalized spacial score (nSPS) is 40.6. The first kappa shape index (κ1) is 31.5. The second-order valence-electron chi connectivity index (χ2n) is 14.1. The number of aliphatic hydroxyl groups is 1. The Labute approximate surface area is 240 Å². The minimum atomic E-state index is -0.350. The Morgan fingerprint density at radius 1 is 1.03 bits per heavy atom. The number of hydrogen-bond donors (Lipinski definition) is 1. The fraction of sp³-hybridized carbons (Fsp3) is 0.941. The third kappa shape index (κ3) is 7.69. The van der Waals surface area contributed by atoms with Crippen molar-refractivity contribution in [1.82, 2.24) is 4.90 Å². The quantitative estimate of drug-likeness (QED) is 0.210. The lowest BCUT2D eigenvalue weighted by molar-refractivity contribution is -0.0866. The number of hydrogen-bond acceptors (Lipinski definition) is 5. The van der Waals surface area contributed by atoms with Crippen LogP contribution in [0.15, 0.2) is 12.7 Å². The Balaban J connectivity index is 1.34. The highest BCUT2D eigenvalue weighted by molar-refractivity contribution is 5.06. The van der Waals surface area contributed by atoms with Gasteiger partial charge in [0.1, 0.15) is 0 Å². The van der Waals surface area contributed by atoms with Crippen molar-refractivity contribution in [3.8, 4) is 0 Å². The number of methoxy groups -OCH3 is 1. The van der Waals surface area contributed by atoms with Gasteiger partial charge in [-0.3, -0.25) is 4.90 Å². The molecule has 4 rings (SSSR count). The molecule has 2 saturated carbocycles. The molecule has 226 valence electrons. The summed E-state index contributed by atoms with van der Waals surface area (Å²) in [6.45, 7) is 15.7. The highest BCUT2D eigenvalue weighted by Gasteiger charge is 2.55. The zero-order valence-corrected chi connectivity index (χ0v) is 25.9. The van der Waals surface area contributed by atoms with E-state index in [1.807, 2.05) is 0 Å². The largest absolute Gasteiger partial charge is 0.389 e. The topological polar surface area (TPSA) is 51.2 Å². The minimum absolute atomic E-state index is 0.0637. The van der Waals surface area contributed by atoms with Gasteiger partial charge < -0.3 is 19.3 Å². The zero-order valence-electron chi connectivity index (χ0n) is 25.9. The number of rotatable bonds is 12. The molecule has 0 aromatic heterocycles. The second-order valence-corrected chi connectivity index (χ2v) is 14.1. The van der Waals surface area contributed by atoms with E-state index in [1.165, 1.54) is 83.6 Å². The van der Waals surface area contributed by atoms with Crippen LogP contribution in [0.4, 0.5) is 0 Å². The molecule has 2 heterocycles. The lowest BCUT2D eigenvalue weighted by Crippen LogP contribution is -2.50.